The van der Waals surface area contributed by atoms with Gasteiger partial charge in [0.15, 0.2) is 0 Å². The van der Waals surface area contributed by atoms with Gasteiger partial charge in [-0.05, 0) is 31.7 Å². The zero-order chi connectivity index (χ0) is 17.3. The van der Waals surface area contributed by atoms with Gasteiger partial charge >= 0.3 is 0 Å². The molecule has 3 fully saturated rings. The maximum absolute atomic E-state index is 13.0. The molecule has 4 rings (SSSR count). The summed E-state index contributed by atoms with van der Waals surface area (Å²) >= 11 is 0. The smallest absolute Gasteiger partial charge is 0.272 e. The first kappa shape index (κ1) is 17.0. The van der Waals surface area contributed by atoms with Crippen LogP contribution >= 0.6 is 0 Å². The van der Waals surface area contributed by atoms with Crippen molar-refractivity contribution in [2.75, 3.05) is 19.6 Å². The van der Waals surface area contributed by atoms with Crippen LogP contribution in [-0.2, 0) is 18.3 Å². The van der Waals surface area contributed by atoms with Crippen LogP contribution in [0.2, 0.25) is 0 Å². The molecule has 2 bridgehead atoms. The van der Waals surface area contributed by atoms with E-state index in [0.29, 0.717) is 18.8 Å². The molecule has 0 radical (unpaired) electrons. The number of aromatic nitrogens is 2. The first-order valence-electron chi connectivity index (χ1n) is 9.17. The van der Waals surface area contributed by atoms with Crippen LogP contribution in [0.15, 0.2) is 6.07 Å². The van der Waals surface area contributed by atoms with Crippen LogP contribution in [-0.4, -0.2) is 57.1 Å². The number of carbonyl (C=O) groups excluding carboxylic acids is 2. The predicted molar refractivity (Wildman–Crippen MR) is 91.6 cm³/mol. The van der Waals surface area contributed by atoms with Crippen LogP contribution in [0.3, 0.4) is 0 Å². The monoisotopic (exact) mass is 332 g/mol. The van der Waals surface area contributed by atoms with Crippen LogP contribution in [0.25, 0.3) is 0 Å². The van der Waals surface area contributed by atoms with Crippen molar-refractivity contribution in [3.05, 3.63) is 17.5 Å². The first-order chi connectivity index (χ1) is 11.5. The summed E-state index contributed by atoms with van der Waals surface area (Å²) in [5, 5.41) is 4.44. The molecule has 3 aliphatic rings. The highest BCUT2D eigenvalue weighted by Gasteiger charge is 2.41. The zero-order valence-corrected chi connectivity index (χ0v) is 15.0. The summed E-state index contributed by atoms with van der Waals surface area (Å²) in [7, 11) is 1.83. The fraction of sp³-hybridized carbons (Fsp3) is 0.722. The van der Waals surface area contributed by atoms with Gasteiger partial charge in [-0.1, -0.05) is 20.3 Å². The van der Waals surface area contributed by atoms with Gasteiger partial charge in [0.2, 0.25) is 5.91 Å². The van der Waals surface area contributed by atoms with Gasteiger partial charge in [0.05, 0.1) is 11.6 Å². The molecule has 6 heteroatoms. The molecule has 0 saturated carbocycles. The SMILES string of the molecule is CCCc1cc(C(=O)N2C[C@H]3CC[C@@H](C2)N(CCC)C3=O)n(C)n1. The van der Waals surface area contributed by atoms with Crippen molar-refractivity contribution < 1.29 is 9.59 Å². The Labute approximate surface area is 143 Å². The molecule has 132 valence electrons. The lowest BCUT2D eigenvalue weighted by molar-refractivity contribution is -0.139. The summed E-state index contributed by atoms with van der Waals surface area (Å²) in [5.41, 5.74) is 1.60. The van der Waals surface area contributed by atoms with Crippen molar-refractivity contribution in [1.29, 1.82) is 0 Å². The first-order valence-corrected chi connectivity index (χ1v) is 9.17. The fourth-order valence-corrected chi connectivity index (χ4v) is 4.01. The van der Waals surface area contributed by atoms with Crippen LogP contribution in [0.4, 0.5) is 0 Å². The lowest BCUT2D eigenvalue weighted by Gasteiger charge is -2.35. The van der Waals surface area contributed by atoms with Gasteiger partial charge in [0, 0.05) is 32.7 Å². The standard InChI is InChI=1S/C18H28N4O2/c1-4-6-14-10-16(20(3)19-14)18(24)21-11-13-7-8-15(12-21)22(9-5-2)17(13)23/h10,13,15H,4-9,11-12H2,1-3H3/t13-,15+/m1/s1. The Morgan fingerprint density at radius 2 is 2.04 bits per heavy atom. The molecule has 24 heavy (non-hydrogen) atoms. The number of piperidine rings is 1. The number of amides is 2. The predicted octanol–water partition coefficient (Wildman–Crippen LogP) is 1.85. The van der Waals surface area contributed by atoms with Crippen molar-refractivity contribution >= 4 is 11.8 Å². The lowest BCUT2D eigenvalue weighted by Crippen LogP contribution is -2.48. The second-order valence-electron chi connectivity index (χ2n) is 7.06. The Bertz CT molecular complexity index is 625. The molecule has 2 atom stereocenters. The van der Waals surface area contributed by atoms with E-state index in [2.05, 4.69) is 18.9 Å². The molecule has 2 amide bonds. The van der Waals surface area contributed by atoms with Crippen molar-refractivity contribution in [2.24, 2.45) is 13.0 Å². The topological polar surface area (TPSA) is 58.4 Å². The van der Waals surface area contributed by atoms with E-state index in [1.54, 1.807) is 4.68 Å². The average molecular weight is 332 g/mol. The summed E-state index contributed by atoms with van der Waals surface area (Å²) in [6.45, 7) is 6.20. The highest BCUT2D eigenvalue weighted by atomic mass is 16.2. The number of aryl methyl sites for hydroxylation is 2. The van der Waals surface area contributed by atoms with Crippen molar-refractivity contribution in [3.63, 3.8) is 0 Å². The normalized spacial score (nSPS) is 23.7. The number of rotatable bonds is 5. The summed E-state index contributed by atoms with van der Waals surface area (Å²) in [4.78, 5) is 29.5. The fourth-order valence-electron chi connectivity index (χ4n) is 4.01. The molecule has 0 spiro atoms. The zero-order valence-electron chi connectivity index (χ0n) is 15.0. The summed E-state index contributed by atoms with van der Waals surface area (Å²) in [6, 6.07) is 2.08. The maximum atomic E-state index is 13.0. The van der Waals surface area contributed by atoms with E-state index in [9.17, 15) is 9.59 Å². The minimum Gasteiger partial charge on any atom is -0.338 e. The van der Waals surface area contributed by atoms with Gasteiger partial charge in [-0.3, -0.25) is 14.3 Å². The molecule has 1 aromatic rings. The molecule has 3 saturated heterocycles. The Hall–Kier alpha value is -1.85. The van der Waals surface area contributed by atoms with E-state index in [1.807, 2.05) is 22.9 Å². The summed E-state index contributed by atoms with van der Waals surface area (Å²) in [6.07, 6.45) is 4.77. The van der Waals surface area contributed by atoms with Crippen molar-refractivity contribution in [3.8, 4) is 0 Å². The Morgan fingerprint density at radius 1 is 1.25 bits per heavy atom. The molecule has 3 aliphatic heterocycles. The van der Waals surface area contributed by atoms with Gasteiger partial charge < -0.3 is 9.80 Å². The van der Waals surface area contributed by atoms with E-state index in [-0.39, 0.29) is 23.8 Å². The number of nitrogens with zero attached hydrogens (tertiary/aromatic N) is 4. The van der Waals surface area contributed by atoms with Crippen LogP contribution in [0, 0.1) is 5.92 Å². The largest absolute Gasteiger partial charge is 0.338 e. The highest BCUT2D eigenvalue weighted by molar-refractivity contribution is 5.93. The van der Waals surface area contributed by atoms with Crippen molar-refractivity contribution in [2.45, 2.75) is 52.0 Å². The second kappa shape index (κ2) is 6.95. The number of carbonyl (C=O) groups is 2. The maximum Gasteiger partial charge on any atom is 0.272 e. The van der Waals surface area contributed by atoms with Gasteiger partial charge in [0.1, 0.15) is 5.69 Å². The Kier molecular flexibility index (Phi) is 4.92. The molecule has 1 aromatic heterocycles. The molecule has 6 nitrogen and oxygen atoms in total. The molecule has 0 N–H and O–H groups in total. The van der Waals surface area contributed by atoms with E-state index in [4.69, 9.17) is 0 Å². The number of fused-ring (bicyclic) bond motifs is 4. The lowest BCUT2D eigenvalue weighted by atomic mass is 9.94. The molecular weight excluding hydrogens is 304 g/mol. The summed E-state index contributed by atoms with van der Waals surface area (Å²) in [5.74, 6) is 0.207. The van der Waals surface area contributed by atoms with Crippen LogP contribution in [0.1, 0.15) is 55.7 Å². The average Bonchev–Trinajstić information content (AvgIpc) is 2.73. The molecular formula is C18H28N4O2. The van der Waals surface area contributed by atoms with E-state index >= 15 is 0 Å². The van der Waals surface area contributed by atoms with Gasteiger partial charge in [-0.15, -0.1) is 0 Å². The Balaban J connectivity index is 1.80. The minimum absolute atomic E-state index is 0.00963. The third-order valence-electron chi connectivity index (χ3n) is 5.20. The number of hydrogen-bond donors (Lipinski definition) is 0. The van der Waals surface area contributed by atoms with E-state index < -0.39 is 0 Å². The molecule has 0 aliphatic carbocycles. The molecule has 0 unspecified atom stereocenters. The quantitative estimate of drug-likeness (QED) is 0.827. The second-order valence-corrected chi connectivity index (χ2v) is 7.06. The van der Waals surface area contributed by atoms with E-state index in [0.717, 1.165) is 44.3 Å². The van der Waals surface area contributed by atoms with E-state index in [1.165, 1.54) is 0 Å². The van der Waals surface area contributed by atoms with Gasteiger partial charge in [-0.2, -0.15) is 5.10 Å². The van der Waals surface area contributed by atoms with Gasteiger partial charge in [-0.25, -0.2) is 0 Å². The molecule has 0 aromatic carbocycles. The third-order valence-corrected chi connectivity index (χ3v) is 5.20. The van der Waals surface area contributed by atoms with Crippen LogP contribution < -0.4 is 0 Å². The Morgan fingerprint density at radius 3 is 2.75 bits per heavy atom. The van der Waals surface area contributed by atoms with Gasteiger partial charge in [0.25, 0.3) is 5.91 Å². The number of hydrogen-bond acceptors (Lipinski definition) is 3. The highest BCUT2D eigenvalue weighted by Crippen LogP contribution is 2.30. The summed E-state index contributed by atoms with van der Waals surface area (Å²) < 4.78 is 1.69. The third kappa shape index (κ3) is 3.06. The van der Waals surface area contributed by atoms with Crippen molar-refractivity contribution in [1.82, 2.24) is 19.6 Å². The molecule has 4 heterocycles. The van der Waals surface area contributed by atoms with Crippen LogP contribution in [0.5, 0.6) is 0 Å². The minimum atomic E-state index is -0.0393.